The molecule has 16 heavy (non-hydrogen) atoms. The van der Waals surface area contributed by atoms with Crippen molar-refractivity contribution in [2.45, 2.75) is 25.8 Å². The Labute approximate surface area is 103 Å². The normalized spacial score (nSPS) is 21.3. The van der Waals surface area contributed by atoms with E-state index in [2.05, 4.69) is 20.8 Å². The Kier molecular flexibility index (Phi) is 3.28. The lowest BCUT2D eigenvalue weighted by Crippen LogP contribution is -2.41. The molecule has 2 rings (SSSR count). The number of piperidine rings is 1. The maximum absolute atomic E-state index is 13.0. The molecule has 1 aliphatic rings. The number of rotatable bonds is 1. The molecule has 0 amide bonds. The van der Waals surface area contributed by atoms with E-state index in [9.17, 15) is 9.18 Å². The van der Waals surface area contributed by atoms with E-state index >= 15 is 0 Å². The second-order valence-corrected chi connectivity index (χ2v) is 4.99. The highest BCUT2D eigenvalue weighted by molar-refractivity contribution is 9.10. The number of carbonyl (C=O) groups excluding carboxylic acids is 1. The van der Waals surface area contributed by atoms with Crippen molar-refractivity contribution in [3.63, 3.8) is 0 Å². The largest absolute Gasteiger partial charge is 0.367 e. The molecule has 0 N–H and O–H groups in total. The number of nitrogens with zero attached hydrogens (tertiary/aromatic N) is 1. The molecule has 1 atom stereocenters. The van der Waals surface area contributed by atoms with Crippen molar-refractivity contribution in [3.05, 3.63) is 28.5 Å². The molecule has 86 valence electrons. The average Bonchev–Trinajstić information content (AvgIpc) is 2.19. The van der Waals surface area contributed by atoms with Crippen LogP contribution in [0.1, 0.15) is 19.8 Å². The van der Waals surface area contributed by atoms with Crippen molar-refractivity contribution >= 4 is 27.4 Å². The summed E-state index contributed by atoms with van der Waals surface area (Å²) in [6.07, 6.45) is 1.15. The summed E-state index contributed by atoms with van der Waals surface area (Å²) in [5.41, 5.74) is 0.960. The quantitative estimate of drug-likeness (QED) is 0.790. The Morgan fingerprint density at radius 1 is 1.50 bits per heavy atom. The Morgan fingerprint density at radius 2 is 2.25 bits per heavy atom. The third-order valence-corrected chi connectivity index (χ3v) is 3.54. The van der Waals surface area contributed by atoms with Crippen LogP contribution in [-0.4, -0.2) is 18.4 Å². The van der Waals surface area contributed by atoms with E-state index in [0.717, 1.165) is 10.2 Å². The maximum atomic E-state index is 13.0. The van der Waals surface area contributed by atoms with E-state index in [0.29, 0.717) is 25.2 Å². The van der Waals surface area contributed by atoms with Crippen LogP contribution in [0.2, 0.25) is 0 Å². The molecule has 1 aliphatic heterocycles. The van der Waals surface area contributed by atoms with Gasteiger partial charge in [0.05, 0.1) is 5.69 Å². The first kappa shape index (κ1) is 11.6. The summed E-state index contributed by atoms with van der Waals surface area (Å²) in [6, 6.07) is 4.84. The van der Waals surface area contributed by atoms with Crippen LogP contribution in [-0.2, 0) is 4.79 Å². The number of hydrogen-bond donors (Lipinski definition) is 0. The Balaban J connectivity index is 2.26. The first-order chi connectivity index (χ1) is 7.58. The predicted octanol–water partition coefficient (Wildman–Crippen LogP) is 3.15. The third-order valence-electron chi connectivity index (χ3n) is 2.91. The van der Waals surface area contributed by atoms with Gasteiger partial charge in [0.1, 0.15) is 11.6 Å². The second kappa shape index (κ2) is 4.53. The number of ketones is 1. The zero-order valence-corrected chi connectivity index (χ0v) is 10.6. The monoisotopic (exact) mass is 285 g/mol. The summed E-state index contributed by atoms with van der Waals surface area (Å²) >= 11 is 3.36. The van der Waals surface area contributed by atoms with Crippen molar-refractivity contribution in [2.75, 3.05) is 11.4 Å². The number of Topliss-reactive ketones (excluding diaryl/α,β-unsaturated/α-hetero) is 1. The number of hydrogen-bond acceptors (Lipinski definition) is 2. The van der Waals surface area contributed by atoms with Crippen molar-refractivity contribution < 1.29 is 9.18 Å². The molecule has 1 aromatic rings. The van der Waals surface area contributed by atoms with Crippen LogP contribution in [0.5, 0.6) is 0 Å². The van der Waals surface area contributed by atoms with Crippen molar-refractivity contribution in [2.24, 2.45) is 0 Å². The van der Waals surface area contributed by atoms with Gasteiger partial charge in [0.15, 0.2) is 0 Å². The molecular weight excluding hydrogens is 273 g/mol. The summed E-state index contributed by atoms with van der Waals surface area (Å²) < 4.78 is 13.7. The van der Waals surface area contributed by atoms with Gasteiger partial charge in [-0.3, -0.25) is 4.79 Å². The molecule has 1 unspecified atom stereocenters. The van der Waals surface area contributed by atoms with Crippen LogP contribution in [0.15, 0.2) is 22.7 Å². The SMILES string of the molecule is CC1CC(=O)CCN1c1ccc(F)cc1Br. The smallest absolute Gasteiger partial charge is 0.136 e. The third kappa shape index (κ3) is 2.26. The van der Waals surface area contributed by atoms with Gasteiger partial charge >= 0.3 is 0 Å². The first-order valence-electron chi connectivity index (χ1n) is 5.31. The van der Waals surface area contributed by atoms with Gasteiger partial charge in [0.25, 0.3) is 0 Å². The van der Waals surface area contributed by atoms with Crippen molar-refractivity contribution in [1.29, 1.82) is 0 Å². The van der Waals surface area contributed by atoms with Gasteiger partial charge in [0.2, 0.25) is 0 Å². The van der Waals surface area contributed by atoms with Crippen molar-refractivity contribution in [3.8, 4) is 0 Å². The molecule has 1 heterocycles. The molecule has 0 bridgehead atoms. The van der Waals surface area contributed by atoms with E-state index in [1.54, 1.807) is 6.07 Å². The van der Waals surface area contributed by atoms with E-state index in [-0.39, 0.29) is 11.9 Å². The van der Waals surface area contributed by atoms with Gasteiger partial charge in [-0.15, -0.1) is 0 Å². The minimum absolute atomic E-state index is 0.183. The van der Waals surface area contributed by atoms with Gasteiger partial charge in [0, 0.05) is 29.9 Å². The number of carbonyl (C=O) groups is 1. The van der Waals surface area contributed by atoms with Gasteiger partial charge in [-0.2, -0.15) is 0 Å². The fraction of sp³-hybridized carbons (Fsp3) is 0.417. The maximum Gasteiger partial charge on any atom is 0.136 e. The summed E-state index contributed by atoms with van der Waals surface area (Å²) in [6.45, 7) is 2.73. The van der Waals surface area contributed by atoms with Gasteiger partial charge in [-0.05, 0) is 41.1 Å². The molecule has 2 nitrogen and oxygen atoms in total. The molecule has 0 saturated carbocycles. The number of anilines is 1. The highest BCUT2D eigenvalue weighted by Gasteiger charge is 2.24. The molecule has 1 saturated heterocycles. The highest BCUT2D eigenvalue weighted by atomic mass is 79.9. The fourth-order valence-corrected chi connectivity index (χ4v) is 2.66. The fourth-order valence-electron chi connectivity index (χ4n) is 2.08. The summed E-state index contributed by atoms with van der Waals surface area (Å²) in [5.74, 6) is 0.0540. The van der Waals surface area contributed by atoms with Crippen LogP contribution in [0.25, 0.3) is 0 Å². The lowest BCUT2D eigenvalue weighted by atomic mass is 10.0. The second-order valence-electron chi connectivity index (χ2n) is 4.13. The number of benzene rings is 1. The Bertz CT molecular complexity index is 421. The van der Waals surface area contributed by atoms with E-state index in [1.165, 1.54) is 12.1 Å². The molecular formula is C12H13BrFNO. The van der Waals surface area contributed by atoms with E-state index in [1.807, 2.05) is 6.92 Å². The standard InChI is InChI=1S/C12H13BrFNO/c1-8-6-10(16)4-5-15(8)12-3-2-9(14)7-11(12)13/h2-3,7-8H,4-6H2,1H3. The van der Waals surface area contributed by atoms with E-state index in [4.69, 9.17) is 0 Å². The van der Waals surface area contributed by atoms with Gasteiger partial charge < -0.3 is 4.90 Å². The summed E-state index contributed by atoms with van der Waals surface area (Å²) in [4.78, 5) is 13.4. The average molecular weight is 286 g/mol. The molecule has 4 heteroatoms. The summed E-state index contributed by atoms with van der Waals surface area (Å²) in [7, 11) is 0. The zero-order chi connectivity index (χ0) is 11.7. The van der Waals surface area contributed by atoms with Crippen LogP contribution in [0, 0.1) is 5.82 Å². The molecule has 0 aliphatic carbocycles. The minimum atomic E-state index is -0.253. The Hall–Kier alpha value is -0.900. The van der Waals surface area contributed by atoms with Crippen LogP contribution < -0.4 is 4.90 Å². The van der Waals surface area contributed by atoms with Crippen LogP contribution in [0.4, 0.5) is 10.1 Å². The van der Waals surface area contributed by atoms with Crippen molar-refractivity contribution in [1.82, 2.24) is 0 Å². The predicted molar refractivity (Wildman–Crippen MR) is 65.1 cm³/mol. The molecule has 1 aromatic carbocycles. The first-order valence-corrected chi connectivity index (χ1v) is 6.10. The van der Waals surface area contributed by atoms with Gasteiger partial charge in [-0.1, -0.05) is 0 Å². The minimum Gasteiger partial charge on any atom is -0.367 e. The van der Waals surface area contributed by atoms with E-state index < -0.39 is 0 Å². The molecule has 0 aromatic heterocycles. The lowest BCUT2D eigenvalue weighted by molar-refractivity contribution is -0.120. The lowest BCUT2D eigenvalue weighted by Gasteiger charge is -2.35. The molecule has 0 radical (unpaired) electrons. The topological polar surface area (TPSA) is 20.3 Å². The molecule has 1 fully saturated rings. The van der Waals surface area contributed by atoms with Crippen LogP contribution >= 0.6 is 15.9 Å². The summed E-state index contributed by atoms with van der Waals surface area (Å²) in [5, 5.41) is 0. The Morgan fingerprint density at radius 3 is 2.88 bits per heavy atom. The zero-order valence-electron chi connectivity index (χ0n) is 9.04. The highest BCUT2D eigenvalue weighted by Crippen LogP contribution is 2.31. The molecule has 0 spiro atoms. The van der Waals surface area contributed by atoms with Gasteiger partial charge in [-0.25, -0.2) is 4.39 Å². The number of halogens is 2. The van der Waals surface area contributed by atoms with Crippen LogP contribution in [0.3, 0.4) is 0 Å².